The lowest BCUT2D eigenvalue weighted by atomic mass is 10.0. The van der Waals surface area contributed by atoms with E-state index in [1.807, 2.05) is 19.4 Å². The highest BCUT2D eigenvalue weighted by atomic mass is 19.1. The predicted molar refractivity (Wildman–Crippen MR) is 49.5 cm³/mol. The van der Waals surface area contributed by atoms with E-state index in [-0.39, 0.29) is 0 Å². The van der Waals surface area contributed by atoms with Gasteiger partial charge in [-0.3, -0.25) is 4.90 Å². The van der Waals surface area contributed by atoms with Gasteiger partial charge < -0.3 is 10.2 Å². The molecule has 0 aromatic heterocycles. The van der Waals surface area contributed by atoms with E-state index in [4.69, 9.17) is 0 Å². The molecule has 13 heavy (non-hydrogen) atoms. The molecule has 0 spiro atoms. The van der Waals surface area contributed by atoms with Gasteiger partial charge in [0, 0.05) is 31.4 Å². The number of hydrogen-bond acceptors (Lipinski definition) is 3. The summed E-state index contributed by atoms with van der Waals surface area (Å²) in [6.07, 6.45) is 4.85. The van der Waals surface area contributed by atoms with Gasteiger partial charge in [-0.1, -0.05) is 0 Å². The molecule has 3 nitrogen and oxygen atoms in total. The van der Waals surface area contributed by atoms with Crippen LogP contribution in [0, 0.1) is 0 Å². The zero-order valence-electron chi connectivity index (χ0n) is 7.91. The highest BCUT2D eigenvalue weighted by Gasteiger charge is 2.28. The highest BCUT2D eigenvalue weighted by molar-refractivity contribution is 4.93. The second kappa shape index (κ2) is 3.54. The number of piperidine rings is 1. The van der Waals surface area contributed by atoms with Crippen molar-refractivity contribution in [3.05, 3.63) is 12.4 Å². The summed E-state index contributed by atoms with van der Waals surface area (Å²) in [4.78, 5) is 3.96. The van der Waals surface area contributed by atoms with E-state index in [1.165, 1.54) is 0 Å². The molecule has 1 fully saturated rings. The smallest absolute Gasteiger partial charge is 0.155 e. The van der Waals surface area contributed by atoms with Gasteiger partial charge in [-0.15, -0.1) is 0 Å². The van der Waals surface area contributed by atoms with Crippen LogP contribution in [-0.4, -0.2) is 42.4 Å². The van der Waals surface area contributed by atoms with Crippen LogP contribution in [0.15, 0.2) is 12.4 Å². The van der Waals surface area contributed by atoms with E-state index in [0.717, 1.165) is 19.6 Å². The molecular formula is C9H16FN3. The van der Waals surface area contributed by atoms with Gasteiger partial charge in [0.15, 0.2) is 6.30 Å². The van der Waals surface area contributed by atoms with E-state index in [0.29, 0.717) is 12.5 Å². The van der Waals surface area contributed by atoms with Gasteiger partial charge in [-0.2, -0.15) is 0 Å². The molecule has 0 amide bonds. The number of halogens is 1. The number of hydrogen-bond donors (Lipinski definition) is 1. The normalized spacial score (nSPS) is 35.1. The molecule has 2 unspecified atom stereocenters. The second-order valence-electron chi connectivity index (χ2n) is 3.79. The van der Waals surface area contributed by atoms with Gasteiger partial charge in [0.05, 0.1) is 6.67 Å². The Bertz CT molecular complexity index is 207. The van der Waals surface area contributed by atoms with E-state index in [9.17, 15) is 4.39 Å². The topological polar surface area (TPSA) is 18.5 Å². The number of rotatable bonds is 1. The Labute approximate surface area is 78.2 Å². The maximum Gasteiger partial charge on any atom is 0.155 e. The minimum atomic E-state index is -0.771. The Morgan fingerprint density at radius 3 is 3.00 bits per heavy atom. The van der Waals surface area contributed by atoms with Crippen molar-refractivity contribution in [2.45, 2.75) is 25.2 Å². The Hall–Kier alpha value is -0.770. The SMILES string of the molecule is CN1CCC(N2C=CNC2)CC1F. The van der Waals surface area contributed by atoms with Crippen molar-refractivity contribution < 1.29 is 4.39 Å². The van der Waals surface area contributed by atoms with Crippen molar-refractivity contribution in [2.24, 2.45) is 0 Å². The average molecular weight is 185 g/mol. The van der Waals surface area contributed by atoms with Crippen molar-refractivity contribution >= 4 is 0 Å². The third-order valence-corrected chi connectivity index (χ3v) is 2.89. The van der Waals surface area contributed by atoms with Crippen LogP contribution >= 0.6 is 0 Å². The minimum absolute atomic E-state index is 0.373. The van der Waals surface area contributed by atoms with E-state index in [1.54, 1.807) is 4.90 Å². The van der Waals surface area contributed by atoms with Gasteiger partial charge in [0.2, 0.25) is 0 Å². The van der Waals surface area contributed by atoms with Crippen LogP contribution in [0.5, 0.6) is 0 Å². The molecule has 2 heterocycles. The fourth-order valence-electron chi connectivity index (χ4n) is 1.93. The molecule has 0 aromatic carbocycles. The first kappa shape index (κ1) is 8.81. The van der Waals surface area contributed by atoms with E-state index < -0.39 is 6.30 Å². The zero-order valence-corrected chi connectivity index (χ0v) is 7.91. The molecule has 2 aliphatic rings. The van der Waals surface area contributed by atoms with Crippen LogP contribution in [0.1, 0.15) is 12.8 Å². The van der Waals surface area contributed by atoms with Crippen LogP contribution in [0.3, 0.4) is 0 Å². The summed E-state index contributed by atoms with van der Waals surface area (Å²) < 4.78 is 13.3. The Morgan fingerprint density at radius 2 is 2.38 bits per heavy atom. The lowest BCUT2D eigenvalue weighted by Gasteiger charge is -2.36. The fraction of sp³-hybridized carbons (Fsp3) is 0.778. The summed E-state index contributed by atoms with van der Waals surface area (Å²) in [5.41, 5.74) is 0. The molecule has 4 heteroatoms. The number of alkyl halides is 1. The van der Waals surface area contributed by atoms with Crippen LogP contribution in [0.4, 0.5) is 4.39 Å². The Morgan fingerprint density at radius 1 is 1.54 bits per heavy atom. The van der Waals surface area contributed by atoms with Crippen LogP contribution in [0.2, 0.25) is 0 Å². The molecule has 0 aromatic rings. The number of likely N-dealkylation sites (tertiary alicyclic amines) is 1. The predicted octanol–water partition coefficient (Wildman–Crippen LogP) is 0.710. The maximum absolute atomic E-state index is 13.3. The molecular weight excluding hydrogens is 169 g/mol. The Kier molecular flexibility index (Phi) is 2.40. The van der Waals surface area contributed by atoms with Gasteiger partial charge in [-0.05, 0) is 13.5 Å². The van der Waals surface area contributed by atoms with Crippen LogP contribution in [-0.2, 0) is 0 Å². The monoisotopic (exact) mass is 185 g/mol. The summed E-state index contributed by atoms with van der Waals surface area (Å²) in [5, 5.41) is 3.10. The lowest BCUT2D eigenvalue weighted by molar-refractivity contribution is 0.0302. The minimum Gasteiger partial charge on any atom is -0.373 e. The van der Waals surface area contributed by atoms with Crippen molar-refractivity contribution in [1.29, 1.82) is 0 Å². The first-order chi connectivity index (χ1) is 6.27. The fourth-order valence-corrected chi connectivity index (χ4v) is 1.93. The molecule has 0 radical (unpaired) electrons. The van der Waals surface area contributed by atoms with Gasteiger partial charge >= 0.3 is 0 Å². The van der Waals surface area contributed by atoms with Crippen molar-refractivity contribution in [3.63, 3.8) is 0 Å². The summed E-state index contributed by atoms with van der Waals surface area (Å²) in [6.45, 7) is 1.69. The molecule has 74 valence electrons. The number of nitrogens with one attached hydrogen (secondary N) is 1. The zero-order chi connectivity index (χ0) is 9.26. The second-order valence-corrected chi connectivity index (χ2v) is 3.79. The largest absolute Gasteiger partial charge is 0.373 e. The summed E-state index contributed by atoms with van der Waals surface area (Å²) in [5.74, 6) is 0. The Balaban J connectivity index is 1.91. The first-order valence-corrected chi connectivity index (χ1v) is 4.77. The molecule has 2 aliphatic heterocycles. The summed E-state index contributed by atoms with van der Waals surface area (Å²) in [6, 6.07) is 0.373. The van der Waals surface area contributed by atoms with Gasteiger partial charge in [-0.25, -0.2) is 4.39 Å². The standard InChI is InChI=1S/C9H16FN3/c1-12-4-2-8(6-9(12)10)13-5-3-11-7-13/h3,5,8-9,11H,2,4,6-7H2,1H3. The molecule has 1 N–H and O–H groups in total. The molecule has 0 aliphatic carbocycles. The third-order valence-electron chi connectivity index (χ3n) is 2.89. The van der Waals surface area contributed by atoms with Gasteiger partial charge in [0.1, 0.15) is 0 Å². The number of nitrogens with zero attached hydrogens (tertiary/aromatic N) is 2. The summed E-state index contributed by atoms with van der Waals surface area (Å²) in [7, 11) is 1.85. The van der Waals surface area contributed by atoms with E-state index >= 15 is 0 Å². The van der Waals surface area contributed by atoms with Crippen molar-refractivity contribution in [3.8, 4) is 0 Å². The quantitative estimate of drug-likeness (QED) is 0.607. The molecule has 2 atom stereocenters. The van der Waals surface area contributed by atoms with Crippen LogP contribution < -0.4 is 5.32 Å². The highest BCUT2D eigenvalue weighted by Crippen LogP contribution is 2.22. The lowest BCUT2D eigenvalue weighted by Crippen LogP contribution is -2.45. The van der Waals surface area contributed by atoms with Crippen molar-refractivity contribution in [2.75, 3.05) is 20.3 Å². The third kappa shape index (κ3) is 1.77. The van der Waals surface area contributed by atoms with Gasteiger partial charge in [0.25, 0.3) is 0 Å². The molecule has 0 saturated carbocycles. The molecule has 2 rings (SSSR count). The molecule has 1 saturated heterocycles. The van der Waals surface area contributed by atoms with Crippen molar-refractivity contribution in [1.82, 2.24) is 15.1 Å². The van der Waals surface area contributed by atoms with E-state index in [2.05, 4.69) is 10.2 Å². The summed E-state index contributed by atoms with van der Waals surface area (Å²) >= 11 is 0. The maximum atomic E-state index is 13.3. The first-order valence-electron chi connectivity index (χ1n) is 4.77. The average Bonchev–Trinajstić information content (AvgIpc) is 2.62. The van der Waals surface area contributed by atoms with Crippen LogP contribution in [0.25, 0.3) is 0 Å². The molecule has 0 bridgehead atoms.